The van der Waals surface area contributed by atoms with E-state index in [0.717, 1.165) is 31.9 Å². The normalized spacial score (nSPS) is 20.8. The Morgan fingerprint density at radius 3 is 2.47 bits per heavy atom. The molecule has 1 saturated heterocycles. The molecule has 2 fully saturated rings. The summed E-state index contributed by atoms with van der Waals surface area (Å²) in [5, 5.41) is 10.4. The number of aryl methyl sites for hydroxylation is 1. The molecule has 1 N–H and O–H groups in total. The Morgan fingerprint density at radius 1 is 1.15 bits per heavy atom. The molecule has 2 aromatic rings. The Bertz CT molecular complexity index is 964. The van der Waals surface area contributed by atoms with Crippen molar-refractivity contribution in [3.8, 4) is 11.5 Å². The van der Waals surface area contributed by atoms with Gasteiger partial charge in [0.25, 0.3) is 0 Å². The molecule has 1 amide bonds. The zero-order valence-corrected chi connectivity index (χ0v) is 21.7. The third kappa shape index (κ3) is 5.25. The summed E-state index contributed by atoms with van der Waals surface area (Å²) in [5.74, 6) is 2.16. The third-order valence-corrected chi connectivity index (χ3v) is 8.85. The first-order chi connectivity index (χ1) is 16.5. The van der Waals surface area contributed by atoms with Gasteiger partial charge in [-0.05, 0) is 91.7 Å². The van der Waals surface area contributed by atoms with Crippen molar-refractivity contribution >= 4 is 17.7 Å². The van der Waals surface area contributed by atoms with Crippen molar-refractivity contribution in [1.82, 2.24) is 4.90 Å². The molecule has 34 heavy (non-hydrogen) atoms. The molecule has 1 unspecified atom stereocenters. The van der Waals surface area contributed by atoms with Crippen molar-refractivity contribution in [2.75, 3.05) is 26.0 Å². The third-order valence-electron chi connectivity index (χ3n) is 7.89. The number of hydrogen-bond donors (Lipinski definition) is 1. The Kier molecular flexibility index (Phi) is 8.13. The zero-order valence-electron chi connectivity index (χ0n) is 20.9. The van der Waals surface area contributed by atoms with Crippen LogP contribution in [0.4, 0.5) is 0 Å². The van der Waals surface area contributed by atoms with E-state index in [2.05, 4.69) is 43.5 Å². The summed E-state index contributed by atoms with van der Waals surface area (Å²) in [6.07, 6.45) is 10.6. The van der Waals surface area contributed by atoms with Crippen LogP contribution in [0, 0.1) is 0 Å². The maximum atomic E-state index is 10.6. The average Bonchev–Trinajstić information content (AvgIpc) is 2.78. The molecule has 0 radical (unpaired) electrons. The molecule has 0 aromatic heterocycles. The van der Waals surface area contributed by atoms with Gasteiger partial charge in [0, 0.05) is 30.7 Å². The Balaban J connectivity index is 0.000000257. The fourth-order valence-corrected chi connectivity index (χ4v) is 6.35. The minimum atomic E-state index is 0.209. The number of carbonyl (C=O) groups excluding carboxylic acids is 1. The van der Waals surface area contributed by atoms with Gasteiger partial charge in [0.2, 0.25) is 5.91 Å². The highest BCUT2D eigenvalue weighted by Gasteiger charge is 2.47. The van der Waals surface area contributed by atoms with Gasteiger partial charge in [-0.15, -0.1) is 0 Å². The van der Waals surface area contributed by atoms with E-state index in [4.69, 9.17) is 4.74 Å². The first kappa shape index (κ1) is 25.0. The van der Waals surface area contributed by atoms with Crippen LogP contribution in [0.2, 0.25) is 0 Å². The number of phenols is 1. The number of rotatable bonds is 6. The van der Waals surface area contributed by atoms with Gasteiger partial charge in [0.05, 0.1) is 6.61 Å². The number of phenolic OH excluding ortho intramolecular Hbond substituents is 1. The van der Waals surface area contributed by atoms with E-state index >= 15 is 0 Å². The van der Waals surface area contributed by atoms with Crippen LogP contribution in [-0.4, -0.2) is 47.1 Å². The average molecular weight is 482 g/mol. The number of ether oxygens (including phenoxy) is 1. The summed E-state index contributed by atoms with van der Waals surface area (Å²) in [7, 11) is 0. The van der Waals surface area contributed by atoms with Crippen LogP contribution in [0.3, 0.4) is 0 Å². The molecule has 184 valence electrons. The number of nitrogens with zero attached hydrogens (tertiary/aromatic N) is 1. The number of aromatic hydroxyl groups is 1. The summed E-state index contributed by atoms with van der Waals surface area (Å²) in [6, 6.07) is 14.7. The fourth-order valence-electron chi connectivity index (χ4n) is 5.69. The molecule has 3 aliphatic rings. The topological polar surface area (TPSA) is 49.8 Å². The summed E-state index contributed by atoms with van der Waals surface area (Å²) in [4.78, 5) is 12.5. The predicted octanol–water partition coefficient (Wildman–Crippen LogP) is 6.30. The molecule has 0 bridgehead atoms. The Hall–Kier alpha value is -2.14. The van der Waals surface area contributed by atoms with E-state index in [9.17, 15) is 9.90 Å². The maximum absolute atomic E-state index is 10.6. The smallest absolute Gasteiger partial charge is 0.219 e. The van der Waals surface area contributed by atoms with Gasteiger partial charge in [-0.25, -0.2) is 0 Å². The van der Waals surface area contributed by atoms with Gasteiger partial charge in [0.15, 0.2) is 0 Å². The standard InChI is InChI=1S/C23H28O2.C6H11NOS/c1-2-15-25-20-12-7-17-5-3-6-22(21(17)16-20)23(13-4-14-23)18-8-10-19(24)11-9-18;1-5(8)7-3-6(4-7)9-2/h7-12,16,22,24H,2-6,13-15H2,1H3;6H,3-4H2,1-2H3. The largest absolute Gasteiger partial charge is 0.508 e. The molecular formula is C29H39NO3S. The Morgan fingerprint density at radius 2 is 1.88 bits per heavy atom. The molecule has 0 spiro atoms. The summed E-state index contributed by atoms with van der Waals surface area (Å²) in [5.41, 5.74) is 4.65. The van der Waals surface area contributed by atoms with Gasteiger partial charge in [-0.3, -0.25) is 4.79 Å². The molecule has 1 aliphatic heterocycles. The number of benzene rings is 2. The van der Waals surface area contributed by atoms with Crippen molar-refractivity contribution in [2.24, 2.45) is 0 Å². The number of fused-ring (bicyclic) bond motifs is 1. The molecular weight excluding hydrogens is 442 g/mol. The van der Waals surface area contributed by atoms with E-state index in [1.807, 2.05) is 28.8 Å². The second-order valence-corrected chi connectivity index (χ2v) is 11.1. The van der Waals surface area contributed by atoms with Gasteiger partial charge < -0.3 is 14.7 Å². The molecule has 1 heterocycles. The Labute approximate surface area is 209 Å². The highest BCUT2D eigenvalue weighted by atomic mass is 32.2. The summed E-state index contributed by atoms with van der Waals surface area (Å²) >= 11 is 1.84. The second kappa shape index (κ2) is 11.1. The minimum Gasteiger partial charge on any atom is -0.508 e. The van der Waals surface area contributed by atoms with Crippen LogP contribution in [-0.2, 0) is 16.6 Å². The molecule has 5 rings (SSSR count). The first-order valence-electron chi connectivity index (χ1n) is 12.8. The summed E-state index contributed by atoms with van der Waals surface area (Å²) in [6.45, 7) is 6.46. The molecule has 1 atom stereocenters. The lowest BCUT2D eigenvalue weighted by atomic mass is 9.53. The highest BCUT2D eigenvalue weighted by Crippen LogP contribution is 2.57. The van der Waals surface area contributed by atoms with Crippen LogP contribution in [0.5, 0.6) is 11.5 Å². The van der Waals surface area contributed by atoms with Crippen LogP contribution >= 0.6 is 11.8 Å². The highest BCUT2D eigenvalue weighted by molar-refractivity contribution is 7.99. The van der Waals surface area contributed by atoms with Crippen molar-refractivity contribution in [2.45, 2.75) is 75.4 Å². The van der Waals surface area contributed by atoms with E-state index in [1.165, 1.54) is 55.2 Å². The number of hydrogen-bond acceptors (Lipinski definition) is 4. The predicted molar refractivity (Wildman–Crippen MR) is 141 cm³/mol. The summed E-state index contributed by atoms with van der Waals surface area (Å²) < 4.78 is 5.92. The lowest BCUT2D eigenvalue weighted by Gasteiger charge is -2.50. The first-order valence-corrected chi connectivity index (χ1v) is 14.1. The van der Waals surface area contributed by atoms with Crippen molar-refractivity contribution in [3.63, 3.8) is 0 Å². The molecule has 5 heteroatoms. The molecule has 2 aliphatic carbocycles. The van der Waals surface area contributed by atoms with E-state index in [-0.39, 0.29) is 11.3 Å². The van der Waals surface area contributed by atoms with Gasteiger partial charge >= 0.3 is 0 Å². The van der Waals surface area contributed by atoms with Gasteiger partial charge in [-0.2, -0.15) is 11.8 Å². The van der Waals surface area contributed by atoms with Crippen LogP contribution in [0.15, 0.2) is 42.5 Å². The van der Waals surface area contributed by atoms with Crippen LogP contribution in [0.1, 0.15) is 75.0 Å². The van der Waals surface area contributed by atoms with E-state index in [0.29, 0.717) is 16.9 Å². The monoisotopic (exact) mass is 481 g/mol. The number of amides is 1. The lowest BCUT2D eigenvalue weighted by molar-refractivity contribution is -0.131. The number of likely N-dealkylation sites (tertiary alicyclic amines) is 1. The van der Waals surface area contributed by atoms with Crippen molar-refractivity contribution in [3.05, 3.63) is 59.2 Å². The van der Waals surface area contributed by atoms with Crippen molar-refractivity contribution in [1.29, 1.82) is 0 Å². The van der Waals surface area contributed by atoms with Gasteiger partial charge in [0.1, 0.15) is 11.5 Å². The number of thioether (sulfide) groups is 1. The maximum Gasteiger partial charge on any atom is 0.219 e. The molecule has 4 nitrogen and oxygen atoms in total. The van der Waals surface area contributed by atoms with Crippen LogP contribution in [0.25, 0.3) is 0 Å². The second-order valence-electron chi connectivity index (χ2n) is 9.99. The lowest BCUT2D eigenvalue weighted by Crippen LogP contribution is -2.50. The molecule has 2 aromatic carbocycles. The van der Waals surface area contributed by atoms with E-state index in [1.54, 1.807) is 6.92 Å². The number of carbonyl (C=O) groups is 1. The van der Waals surface area contributed by atoms with E-state index < -0.39 is 0 Å². The SMILES string of the molecule is CCCOc1ccc2c(c1)C(C1(c3ccc(O)cc3)CCC1)CCC2.CSC1CN(C(C)=O)C1. The van der Waals surface area contributed by atoms with Crippen LogP contribution < -0.4 is 4.74 Å². The van der Waals surface area contributed by atoms with Gasteiger partial charge in [-0.1, -0.05) is 31.5 Å². The zero-order chi connectivity index (χ0) is 24.1. The quantitative estimate of drug-likeness (QED) is 0.526. The minimum absolute atomic E-state index is 0.209. The fraction of sp³-hybridized carbons (Fsp3) is 0.552. The molecule has 1 saturated carbocycles. The van der Waals surface area contributed by atoms with Crippen molar-refractivity contribution < 1.29 is 14.6 Å².